The van der Waals surface area contributed by atoms with E-state index >= 15 is 0 Å². The highest BCUT2D eigenvalue weighted by atomic mass is 35.5. The Labute approximate surface area is 153 Å². The van der Waals surface area contributed by atoms with Gasteiger partial charge < -0.3 is 9.32 Å². The first-order chi connectivity index (χ1) is 12.0. The molecule has 0 radical (unpaired) electrons. The fourth-order valence-corrected chi connectivity index (χ4v) is 3.31. The maximum absolute atomic E-state index is 12.2. The molecule has 1 fully saturated rings. The van der Waals surface area contributed by atoms with E-state index < -0.39 is 11.2 Å². The number of halogens is 2. The predicted octanol–water partition coefficient (Wildman–Crippen LogP) is 4.27. The van der Waals surface area contributed by atoms with Crippen molar-refractivity contribution < 1.29 is 14.0 Å². The number of carbonyl (C=O) groups is 2. The smallest absolute Gasteiger partial charge is 0.227 e. The van der Waals surface area contributed by atoms with Gasteiger partial charge in [-0.1, -0.05) is 23.7 Å². The number of para-hydroxylation sites is 2. The summed E-state index contributed by atoms with van der Waals surface area (Å²) in [6, 6.07) is 12.7. The number of hydrogen-bond acceptors (Lipinski definition) is 4. The number of fused-ring (bicyclic) bond motifs is 1. The van der Waals surface area contributed by atoms with E-state index in [1.54, 1.807) is 18.2 Å². The first-order valence-electron chi connectivity index (χ1n) is 7.68. The molecule has 2 heterocycles. The molecule has 1 atom stereocenters. The fraction of sp³-hybridized carbons (Fsp3) is 0.167. The van der Waals surface area contributed by atoms with Gasteiger partial charge in [-0.25, -0.2) is 4.98 Å². The van der Waals surface area contributed by atoms with Gasteiger partial charge in [0.15, 0.2) is 5.58 Å². The van der Waals surface area contributed by atoms with E-state index in [-0.39, 0.29) is 18.9 Å². The van der Waals surface area contributed by atoms with Gasteiger partial charge in [-0.3, -0.25) is 9.59 Å². The fourth-order valence-electron chi connectivity index (χ4n) is 2.94. The second-order valence-electron chi connectivity index (χ2n) is 5.86. The molecular formula is C18H12Cl2N2O3. The molecular weight excluding hydrogens is 363 g/mol. The van der Waals surface area contributed by atoms with Gasteiger partial charge in [-0.2, -0.15) is 0 Å². The van der Waals surface area contributed by atoms with Gasteiger partial charge in [-0.15, -0.1) is 0 Å². The van der Waals surface area contributed by atoms with Crippen molar-refractivity contribution in [3.05, 3.63) is 47.5 Å². The normalized spacial score (nSPS) is 17.4. The molecule has 1 aliphatic heterocycles. The summed E-state index contributed by atoms with van der Waals surface area (Å²) < 4.78 is 5.76. The molecule has 1 saturated heterocycles. The van der Waals surface area contributed by atoms with Gasteiger partial charge in [0, 0.05) is 18.5 Å². The summed E-state index contributed by atoms with van der Waals surface area (Å²) in [5.41, 5.74) is 2.65. The number of benzene rings is 2. The van der Waals surface area contributed by atoms with Crippen molar-refractivity contribution in [1.82, 2.24) is 4.98 Å². The zero-order valence-corrected chi connectivity index (χ0v) is 14.4. The molecule has 25 heavy (non-hydrogen) atoms. The molecule has 0 aliphatic carbocycles. The van der Waals surface area contributed by atoms with Crippen molar-refractivity contribution in [1.29, 1.82) is 0 Å². The van der Waals surface area contributed by atoms with Crippen LogP contribution >= 0.6 is 23.2 Å². The summed E-state index contributed by atoms with van der Waals surface area (Å²) in [5.74, 6) is -0.260. The monoisotopic (exact) mass is 374 g/mol. The van der Waals surface area contributed by atoms with Crippen molar-refractivity contribution in [2.75, 3.05) is 11.4 Å². The zero-order chi connectivity index (χ0) is 17.6. The number of anilines is 1. The SMILES string of the molecule is O=C(Cl)C1CC(=O)N(c2cc(-c3nc4ccccc4o3)ccc2Cl)C1. The summed E-state index contributed by atoms with van der Waals surface area (Å²) in [7, 11) is 0. The first kappa shape index (κ1) is 16.1. The van der Waals surface area contributed by atoms with Gasteiger partial charge in [0.1, 0.15) is 5.52 Å². The van der Waals surface area contributed by atoms with E-state index in [1.165, 1.54) is 4.90 Å². The second-order valence-corrected chi connectivity index (χ2v) is 6.64. The summed E-state index contributed by atoms with van der Waals surface area (Å²) in [4.78, 5) is 29.6. The van der Waals surface area contributed by atoms with Crippen LogP contribution in [-0.2, 0) is 9.59 Å². The van der Waals surface area contributed by atoms with Gasteiger partial charge in [0.25, 0.3) is 0 Å². The maximum atomic E-state index is 12.2. The Bertz CT molecular complexity index is 966. The largest absolute Gasteiger partial charge is 0.436 e. The van der Waals surface area contributed by atoms with Crippen molar-refractivity contribution >= 4 is 51.1 Å². The van der Waals surface area contributed by atoms with Crippen LogP contribution in [0, 0.1) is 5.92 Å². The van der Waals surface area contributed by atoms with E-state index in [2.05, 4.69) is 4.98 Å². The van der Waals surface area contributed by atoms with Gasteiger partial charge >= 0.3 is 0 Å². The number of rotatable bonds is 3. The van der Waals surface area contributed by atoms with Crippen LogP contribution in [0.2, 0.25) is 5.02 Å². The summed E-state index contributed by atoms with van der Waals surface area (Å²) in [6.07, 6.45) is 0.0891. The molecule has 126 valence electrons. The number of hydrogen-bond donors (Lipinski definition) is 0. The van der Waals surface area contributed by atoms with Crippen LogP contribution in [0.15, 0.2) is 46.9 Å². The van der Waals surface area contributed by atoms with Crippen LogP contribution in [0.5, 0.6) is 0 Å². The van der Waals surface area contributed by atoms with Crippen molar-refractivity contribution in [3.8, 4) is 11.5 Å². The summed E-state index contributed by atoms with van der Waals surface area (Å²) in [5, 5.41) is -0.0991. The Morgan fingerprint density at radius 2 is 2.04 bits per heavy atom. The minimum atomic E-state index is -0.516. The third-order valence-corrected chi connectivity index (χ3v) is 4.85. The zero-order valence-electron chi connectivity index (χ0n) is 12.9. The molecule has 1 aliphatic rings. The molecule has 2 aromatic carbocycles. The number of oxazole rings is 1. The third kappa shape index (κ3) is 2.90. The number of nitrogens with zero attached hydrogens (tertiary/aromatic N) is 2. The highest BCUT2D eigenvalue weighted by Crippen LogP contribution is 2.35. The Hall–Kier alpha value is -2.37. The van der Waals surface area contributed by atoms with Crippen LogP contribution in [-0.4, -0.2) is 22.7 Å². The highest BCUT2D eigenvalue weighted by molar-refractivity contribution is 6.64. The van der Waals surface area contributed by atoms with Crippen LogP contribution in [0.25, 0.3) is 22.6 Å². The molecule has 1 amide bonds. The number of amides is 1. The molecule has 0 spiro atoms. The molecule has 1 aromatic heterocycles. The Balaban J connectivity index is 1.74. The molecule has 0 saturated carbocycles. The molecule has 0 bridgehead atoms. The van der Waals surface area contributed by atoms with Crippen LogP contribution < -0.4 is 4.90 Å². The Kier molecular flexibility index (Phi) is 3.98. The van der Waals surface area contributed by atoms with E-state index in [1.807, 2.05) is 24.3 Å². The average Bonchev–Trinajstić information content (AvgIpc) is 3.19. The van der Waals surface area contributed by atoms with Gasteiger partial charge in [0.05, 0.1) is 16.6 Å². The molecule has 5 nitrogen and oxygen atoms in total. The van der Waals surface area contributed by atoms with E-state index in [0.717, 1.165) is 5.52 Å². The molecule has 7 heteroatoms. The van der Waals surface area contributed by atoms with E-state index in [0.29, 0.717) is 27.7 Å². The quantitative estimate of drug-likeness (QED) is 0.642. The van der Waals surface area contributed by atoms with Crippen molar-refractivity contribution in [2.45, 2.75) is 6.42 Å². The topological polar surface area (TPSA) is 63.4 Å². The number of aromatic nitrogens is 1. The Morgan fingerprint density at radius 3 is 2.76 bits per heavy atom. The summed E-state index contributed by atoms with van der Waals surface area (Å²) in [6.45, 7) is 0.220. The first-order valence-corrected chi connectivity index (χ1v) is 8.44. The molecule has 4 rings (SSSR count). The van der Waals surface area contributed by atoms with Gasteiger partial charge in [0.2, 0.25) is 17.0 Å². The Morgan fingerprint density at radius 1 is 1.24 bits per heavy atom. The number of carbonyl (C=O) groups excluding carboxylic acids is 2. The van der Waals surface area contributed by atoms with Gasteiger partial charge in [-0.05, 0) is 41.9 Å². The van der Waals surface area contributed by atoms with Crippen molar-refractivity contribution in [2.24, 2.45) is 5.92 Å². The minimum Gasteiger partial charge on any atom is -0.436 e. The van der Waals surface area contributed by atoms with E-state index in [9.17, 15) is 9.59 Å². The molecule has 0 N–H and O–H groups in total. The van der Waals surface area contributed by atoms with Crippen LogP contribution in [0.1, 0.15) is 6.42 Å². The van der Waals surface area contributed by atoms with Crippen LogP contribution in [0.4, 0.5) is 5.69 Å². The molecule has 3 aromatic rings. The predicted molar refractivity (Wildman–Crippen MR) is 95.8 cm³/mol. The average molecular weight is 375 g/mol. The van der Waals surface area contributed by atoms with Crippen molar-refractivity contribution in [3.63, 3.8) is 0 Å². The highest BCUT2D eigenvalue weighted by Gasteiger charge is 2.35. The lowest BCUT2D eigenvalue weighted by Crippen LogP contribution is -2.25. The van der Waals surface area contributed by atoms with E-state index in [4.69, 9.17) is 27.6 Å². The second kappa shape index (κ2) is 6.17. The molecule has 1 unspecified atom stereocenters. The minimum absolute atomic E-state index is 0.0891. The lowest BCUT2D eigenvalue weighted by atomic mass is 10.1. The third-order valence-electron chi connectivity index (χ3n) is 4.22. The van der Waals surface area contributed by atoms with Crippen LogP contribution in [0.3, 0.4) is 0 Å². The summed E-state index contributed by atoms with van der Waals surface area (Å²) >= 11 is 11.8. The standard InChI is InChI=1S/C18H12Cl2N2O3/c19-12-6-5-10(18-21-13-3-1-2-4-15(13)25-18)7-14(12)22-9-11(17(20)24)8-16(22)23/h1-7,11H,8-9H2. The lowest BCUT2D eigenvalue weighted by molar-refractivity contribution is -0.120. The lowest BCUT2D eigenvalue weighted by Gasteiger charge is -2.18. The maximum Gasteiger partial charge on any atom is 0.227 e.